The Labute approximate surface area is 176 Å². The Morgan fingerprint density at radius 2 is 1.63 bits per heavy atom. The highest BCUT2D eigenvalue weighted by Gasteiger charge is 2.21. The highest BCUT2D eigenvalue weighted by atomic mass is 16.5. The number of aliphatic hydroxyl groups is 1. The smallest absolute Gasteiger partial charge is 0.250 e. The maximum atomic E-state index is 12.0. The average molecular weight is 402 g/mol. The van der Waals surface area contributed by atoms with E-state index in [1.54, 1.807) is 6.07 Å². The largest absolute Gasteiger partial charge is 0.457 e. The van der Waals surface area contributed by atoms with Crippen LogP contribution in [-0.2, 0) is 0 Å². The number of nitrogens with one attached hydrogen (secondary N) is 1. The first-order valence-electron chi connectivity index (χ1n) is 10.3. The molecular formula is C25H26N2O3. The molecule has 0 aliphatic heterocycles. The monoisotopic (exact) mass is 402 g/mol. The maximum absolute atomic E-state index is 12.0. The molecule has 4 rings (SSSR count). The third-order valence-corrected chi connectivity index (χ3v) is 5.51. The van der Waals surface area contributed by atoms with Crippen LogP contribution >= 0.6 is 0 Å². The van der Waals surface area contributed by atoms with E-state index in [0.717, 1.165) is 54.0 Å². The van der Waals surface area contributed by atoms with E-state index in [9.17, 15) is 9.90 Å². The van der Waals surface area contributed by atoms with E-state index in [1.165, 1.54) is 0 Å². The van der Waals surface area contributed by atoms with Crippen molar-refractivity contribution in [1.82, 2.24) is 0 Å². The first-order valence-corrected chi connectivity index (χ1v) is 10.3. The zero-order valence-corrected chi connectivity index (χ0v) is 16.8. The van der Waals surface area contributed by atoms with Gasteiger partial charge in [-0.05, 0) is 61.6 Å². The predicted molar refractivity (Wildman–Crippen MR) is 119 cm³/mol. The molecule has 3 aromatic rings. The van der Waals surface area contributed by atoms with Gasteiger partial charge in [0.25, 0.3) is 5.91 Å². The Kier molecular flexibility index (Phi) is 6.00. The highest BCUT2D eigenvalue weighted by molar-refractivity contribution is 5.99. The van der Waals surface area contributed by atoms with Crippen molar-refractivity contribution in [1.29, 1.82) is 0 Å². The summed E-state index contributed by atoms with van der Waals surface area (Å²) in [6.45, 7) is 0. The SMILES string of the molecule is NC(=O)c1ccc(-c2ccccc2Oc2ccccc2)cc1N[C@H]1CC[C@H](O)CC1. The van der Waals surface area contributed by atoms with Crippen LogP contribution in [-0.4, -0.2) is 23.2 Å². The number of carbonyl (C=O) groups excluding carboxylic acids is 1. The standard InChI is InChI=1S/C25H26N2O3/c26-25(29)22-15-10-17(16-23(22)27-18-11-13-19(28)14-12-18)21-8-4-5-9-24(21)30-20-6-2-1-3-7-20/h1-10,15-16,18-19,27-28H,11-14H2,(H2,26,29)/t18-,19-. The minimum atomic E-state index is -0.464. The second-order valence-corrected chi connectivity index (χ2v) is 7.69. The first kappa shape index (κ1) is 20.0. The fourth-order valence-corrected chi connectivity index (χ4v) is 3.90. The number of para-hydroxylation sites is 2. The van der Waals surface area contributed by atoms with Crippen LogP contribution in [0.25, 0.3) is 11.1 Å². The van der Waals surface area contributed by atoms with Gasteiger partial charge in [0.1, 0.15) is 11.5 Å². The third kappa shape index (κ3) is 4.63. The summed E-state index contributed by atoms with van der Waals surface area (Å²) in [7, 11) is 0. The molecule has 5 heteroatoms. The van der Waals surface area contributed by atoms with Crippen LogP contribution in [0.3, 0.4) is 0 Å². The third-order valence-electron chi connectivity index (χ3n) is 5.51. The molecule has 0 spiro atoms. The number of benzene rings is 3. The lowest BCUT2D eigenvalue weighted by molar-refractivity contribution is 0.100. The number of amides is 1. The lowest BCUT2D eigenvalue weighted by Gasteiger charge is -2.28. The van der Waals surface area contributed by atoms with Gasteiger partial charge < -0.3 is 20.9 Å². The van der Waals surface area contributed by atoms with E-state index in [4.69, 9.17) is 10.5 Å². The Hall–Kier alpha value is -3.31. The minimum absolute atomic E-state index is 0.206. The summed E-state index contributed by atoms with van der Waals surface area (Å²) in [6.07, 6.45) is 3.01. The van der Waals surface area contributed by atoms with Crippen molar-refractivity contribution in [2.75, 3.05) is 5.32 Å². The Balaban J connectivity index is 1.66. The number of hydrogen-bond acceptors (Lipinski definition) is 4. The number of primary amides is 1. The molecule has 1 aliphatic carbocycles. The molecule has 0 atom stereocenters. The van der Waals surface area contributed by atoms with Gasteiger partial charge in [0.05, 0.1) is 11.7 Å². The fourth-order valence-electron chi connectivity index (χ4n) is 3.90. The molecule has 5 nitrogen and oxygen atoms in total. The van der Waals surface area contributed by atoms with E-state index >= 15 is 0 Å². The van der Waals surface area contributed by atoms with Gasteiger partial charge in [-0.15, -0.1) is 0 Å². The van der Waals surface area contributed by atoms with E-state index in [2.05, 4.69) is 5.32 Å². The fraction of sp³-hybridized carbons (Fsp3) is 0.240. The van der Waals surface area contributed by atoms with Gasteiger partial charge in [0.15, 0.2) is 0 Å². The summed E-state index contributed by atoms with van der Waals surface area (Å²) in [5, 5.41) is 13.2. The molecule has 0 heterocycles. The van der Waals surface area contributed by atoms with Crippen molar-refractivity contribution in [2.24, 2.45) is 5.73 Å². The van der Waals surface area contributed by atoms with E-state index in [-0.39, 0.29) is 12.1 Å². The number of ether oxygens (including phenoxy) is 1. The molecule has 0 radical (unpaired) electrons. The normalized spacial score (nSPS) is 18.6. The van der Waals surface area contributed by atoms with E-state index in [1.807, 2.05) is 66.7 Å². The van der Waals surface area contributed by atoms with Crippen molar-refractivity contribution in [2.45, 2.75) is 37.8 Å². The summed E-state index contributed by atoms with van der Waals surface area (Å²) in [5.41, 5.74) is 8.67. The predicted octanol–water partition coefficient (Wildman–Crippen LogP) is 4.96. The molecule has 1 fully saturated rings. The average Bonchev–Trinajstić information content (AvgIpc) is 2.76. The molecule has 154 valence electrons. The molecule has 0 saturated heterocycles. The minimum Gasteiger partial charge on any atom is -0.457 e. The zero-order valence-electron chi connectivity index (χ0n) is 16.8. The van der Waals surface area contributed by atoms with Gasteiger partial charge in [0.2, 0.25) is 0 Å². The zero-order chi connectivity index (χ0) is 20.9. The van der Waals surface area contributed by atoms with Crippen LogP contribution in [0, 0.1) is 0 Å². The number of carbonyl (C=O) groups is 1. The topological polar surface area (TPSA) is 84.6 Å². The lowest BCUT2D eigenvalue weighted by atomic mass is 9.92. The number of anilines is 1. The van der Waals surface area contributed by atoms with Gasteiger partial charge in [0, 0.05) is 17.3 Å². The molecule has 30 heavy (non-hydrogen) atoms. The van der Waals surface area contributed by atoms with Crippen molar-refractivity contribution in [3.05, 3.63) is 78.4 Å². The Morgan fingerprint density at radius 1 is 0.933 bits per heavy atom. The van der Waals surface area contributed by atoms with Crippen molar-refractivity contribution in [3.63, 3.8) is 0 Å². The summed E-state index contributed by atoms with van der Waals surface area (Å²) in [4.78, 5) is 12.0. The molecule has 0 bridgehead atoms. The highest BCUT2D eigenvalue weighted by Crippen LogP contribution is 2.35. The quantitative estimate of drug-likeness (QED) is 0.544. The van der Waals surface area contributed by atoms with Crippen LogP contribution in [0.1, 0.15) is 36.0 Å². The number of aliphatic hydroxyl groups excluding tert-OH is 1. The number of nitrogens with two attached hydrogens (primary N) is 1. The summed E-state index contributed by atoms with van der Waals surface area (Å²) >= 11 is 0. The molecule has 1 amide bonds. The molecule has 1 aliphatic rings. The first-order chi connectivity index (χ1) is 14.6. The van der Waals surface area contributed by atoms with Crippen LogP contribution in [0.4, 0.5) is 5.69 Å². The van der Waals surface area contributed by atoms with E-state index in [0.29, 0.717) is 5.56 Å². The molecule has 0 unspecified atom stereocenters. The summed E-state index contributed by atoms with van der Waals surface area (Å²) in [6, 6.07) is 23.3. The van der Waals surface area contributed by atoms with Crippen LogP contribution in [0.5, 0.6) is 11.5 Å². The van der Waals surface area contributed by atoms with Gasteiger partial charge in [-0.2, -0.15) is 0 Å². The Morgan fingerprint density at radius 3 is 2.37 bits per heavy atom. The van der Waals surface area contributed by atoms with Crippen LogP contribution < -0.4 is 15.8 Å². The van der Waals surface area contributed by atoms with Gasteiger partial charge in [-0.25, -0.2) is 0 Å². The molecule has 3 aromatic carbocycles. The van der Waals surface area contributed by atoms with Gasteiger partial charge in [-0.3, -0.25) is 4.79 Å². The van der Waals surface area contributed by atoms with E-state index < -0.39 is 5.91 Å². The van der Waals surface area contributed by atoms with Gasteiger partial charge in [-0.1, -0.05) is 42.5 Å². The molecular weight excluding hydrogens is 376 g/mol. The lowest BCUT2D eigenvalue weighted by Crippen LogP contribution is -2.29. The second-order valence-electron chi connectivity index (χ2n) is 7.69. The maximum Gasteiger partial charge on any atom is 0.250 e. The van der Waals surface area contributed by atoms with Crippen molar-refractivity contribution >= 4 is 11.6 Å². The summed E-state index contributed by atoms with van der Waals surface area (Å²) < 4.78 is 6.10. The second kappa shape index (κ2) is 9.01. The molecule has 4 N–H and O–H groups in total. The van der Waals surface area contributed by atoms with Crippen LogP contribution in [0.2, 0.25) is 0 Å². The number of hydrogen-bond donors (Lipinski definition) is 3. The number of rotatable bonds is 6. The molecule has 1 saturated carbocycles. The van der Waals surface area contributed by atoms with Crippen LogP contribution in [0.15, 0.2) is 72.8 Å². The van der Waals surface area contributed by atoms with Crippen molar-refractivity contribution in [3.8, 4) is 22.6 Å². The molecule has 0 aromatic heterocycles. The van der Waals surface area contributed by atoms with Gasteiger partial charge >= 0.3 is 0 Å². The van der Waals surface area contributed by atoms with Crippen molar-refractivity contribution < 1.29 is 14.6 Å². The Bertz CT molecular complexity index is 1010. The summed E-state index contributed by atoms with van der Waals surface area (Å²) in [5.74, 6) is 1.04.